The minimum atomic E-state index is -0.680. The highest BCUT2D eigenvalue weighted by atomic mass is 35.5. The number of anilines is 2. The van der Waals surface area contributed by atoms with Crippen LogP contribution in [0, 0.1) is 0 Å². The fourth-order valence-electron chi connectivity index (χ4n) is 3.05. The molecule has 2 aromatic carbocycles. The summed E-state index contributed by atoms with van der Waals surface area (Å²) < 4.78 is 6.20. The van der Waals surface area contributed by atoms with Gasteiger partial charge < -0.3 is 10.1 Å². The highest BCUT2D eigenvalue weighted by molar-refractivity contribution is 7.16. The number of carbonyl (C=O) groups excluding carboxylic acids is 2. The Morgan fingerprint density at radius 3 is 2.30 bits per heavy atom. The Bertz CT molecular complexity index is 1400. The number of urea groups is 1. The minimum absolute atomic E-state index is 0.0381. The molecule has 2 aromatic heterocycles. The predicted molar refractivity (Wildman–Crippen MR) is 130 cm³/mol. The molecule has 0 aliphatic carbocycles. The summed E-state index contributed by atoms with van der Waals surface area (Å²) in [4.78, 5) is 38.5. The van der Waals surface area contributed by atoms with Crippen molar-refractivity contribution in [3.05, 3.63) is 80.0 Å². The third-order valence-corrected chi connectivity index (χ3v) is 5.92. The molecule has 0 unspecified atom stereocenters. The molecule has 0 radical (unpaired) electrons. The van der Waals surface area contributed by atoms with Crippen molar-refractivity contribution in [2.45, 2.75) is 6.92 Å². The highest BCUT2D eigenvalue weighted by Gasteiger charge is 2.23. The maximum Gasteiger partial charge on any atom is 0.359 e. The van der Waals surface area contributed by atoms with Gasteiger partial charge in [-0.05, 0) is 55.5 Å². The molecule has 0 saturated carbocycles. The zero-order chi connectivity index (χ0) is 23.5. The third-order valence-electron chi connectivity index (χ3n) is 4.52. The van der Waals surface area contributed by atoms with Crippen LogP contribution in [0.4, 0.5) is 15.5 Å². The van der Waals surface area contributed by atoms with E-state index < -0.39 is 17.6 Å². The van der Waals surface area contributed by atoms with E-state index in [4.69, 9.17) is 27.9 Å². The van der Waals surface area contributed by atoms with Crippen molar-refractivity contribution >= 4 is 68.0 Å². The monoisotopic (exact) mass is 502 g/mol. The van der Waals surface area contributed by atoms with Gasteiger partial charge in [0.1, 0.15) is 5.00 Å². The van der Waals surface area contributed by atoms with Gasteiger partial charge in [-0.2, -0.15) is 9.78 Å². The van der Waals surface area contributed by atoms with Crippen LogP contribution >= 0.6 is 34.5 Å². The molecule has 2 N–H and O–H groups in total. The van der Waals surface area contributed by atoms with Crippen LogP contribution in [-0.2, 0) is 4.74 Å². The van der Waals surface area contributed by atoms with Gasteiger partial charge in [0.25, 0.3) is 5.56 Å². The first-order chi connectivity index (χ1) is 15.9. The molecule has 0 aliphatic rings. The van der Waals surface area contributed by atoms with Crippen LogP contribution in [0.25, 0.3) is 16.5 Å². The van der Waals surface area contributed by atoms with E-state index in [-0.39, 0.29) is 28.1 Å². The first kappa shape index (κ1) is 22.8. The number of amides is 2. The molecule has 4 aromatic rings. The van der Waals surface area contributed by atoms with Gasteiger partial charge >= 0.3 is 12.0 Å². The Balaban J connectivity index is 1.78. The van der Waals surface area contributed by atoms with Gasteiger partial charge in [-0.3, -0.25) is 10.1 Å². The molecule has 0 bridgehead atoms. The number of nitrogens with one attached hydrogen (secondary N) is 2. The predicted octanol–water partition coefficient (Wildman–Crippen LogP) is 5.57. The second kappa shape index (κ2) is 9.62. The largest absolute Gasteiger partial charge is 0.461 e. The zero-order valence-electron chi connectivity index (χ0n) is 17.1. The summed E-state index contributed by atoms with van der Waals surface area (Å²) in [6, 6.07) is 12.4. The molecule has 11 heteroatoms. The number of benzene rings is 2. The van der Waals surface area contributed by atoms with Crippen LogP contribution in [0.3, 0.4) is 0 Å². The molecular weight excluding hydrogens is 487 g/mol. The van der Waals surface area contributed by atoms with Gasteiger partial charge in [0.15, 0.2) is 5.69 Å². The fraction of sp³-hybridized carbons (Fsp3) is 0.0909. The van der Waals surface area contributed by atoms with Crippen molar-refractivity contribution in [3.8, 4) is 5.69 Å². The molecule has 2 heterocycles. The lowest BCUT2D eigenvalue weighted by atomic mass is 10.2. The quantitative estimate of drug-likeness (QED) is 0.347. The number of fused-ring (bicyclic) bond motifs is 1. The summed E-state index contributed by atoms with van der Waals surface area (Å²) in [5, 5.41) is 12.9. The molecule has 0 spiro atoms. The number of rotatable bonds is 5. The van der Waals surface area contributed by atoms with E-state index in [9.17, 15) is 14.4 Å². The highest BCUT2D eigenvalue weighted by Crippen LogP contribution is 2.31. The van der Waals surface area contributed by atoms with E-state index in [0.29, 0.717) is 21.4 Å². The molecule has 0 saturated heterocycles. The summed E-state index contributed by atoms with van der Waals surface area (Å²) in [6.07, 6.45) is 0. The smallest absolute Gasteiger partial charge is 0.359 e. The van der Waals surface area contributed by atoms with Crippen molar-refractivity contribution in [3.63, 3.8) is 0 Å². The standard InChI is InChI=1S/C22H16Cl2N4O4S/c1-2-32-21(30)18-16-11-33-19(26-22(31)25-14-7-3-12(23)4-8-14)17(16)20(29)28(27-18)15-9-5-13(24)6-10-15/h3-11H,2H2,1H3,(H2,25,26,31). The van der Waals surface area contributed by atoms with Gasteiger partial charge in [0, 0.05) is 26.5 Å². The van der Waals surface area contributed by atoms with Crippen LogP contribution in [0.5, 0.6) is 0 Å². The number of esters is 1. The Morgan fingerprint density at radius 2 is 1.67 bits per heavy atom. The Labute approximate surface area is 201 Å². The van der Waals surface area contributed by atoms with E-state index >= 15 is 0 Å². The first-order valence-corrected chi connectivity index (χ1v) is 11.3. The summed E-state index contributed by atoms with van der Waals surface area (Å²) in [5.41, 5.74) is 0.372. The lowest BCUT2D eigenvalue weighted by molar-refractivity contribution is 0.0520. The van der Waals surface area contributed by atoms with E-state index in [1.165, 1.54) is 0 Å². The number of hydrogen-bond donors (Lipinski definition) is 2. The molecule has 0 atom stereocenters. The molecule has 2 amide bonds. The molecular formula is C22H16Cl2N4O4S. The zero-order valence-corrected chi connectivity index (χ0v) is 19.4. The average Bonchev–Trinajstić information content (AvgIpc) is 3.20. The Morgan fingerprint density at radius 1 is 1.03 bits per heavy atom. The molecule has 0 fully saturated rings. The van der Waals surface area contributed by atoms with Crippen molar-refractivity contribution in [2.24, 2.45) is 0 Å². The van der Waals surface area contributed by atoms with Crippen LogP contribution in [0.15, 0.2) is 58.7 Å². The van der Waals surface area contributed by atoms with E-state index in [1.807, 2.05) is 0 Å². The Hall–Kier alpha value is -3.40. The van der Waals surface area contributed by atoms with Crippen molar-refractivity contribution < 1.29 is 14.3 Å². The van der Waals surface area contributed by atoms with E-state index in [1.54, 1.807) is 60.8 Å². The third kappa shape index (κ3) is 4.85. The summed E-state index contributed by atoms with van der Waals surface area (Å²) >= 11 is 12.9. The maximum absolute atomic E-state index is 13.3. The van der Waals surface area contributed by atoms with E-state index in [0.717, 1.165) is 16.0 Å². The number of halogens is 2. The van der Waals surface area contributed by atoms with Crippen molar-refractivity contribution in [1.29, 1.82) is 0 Å². The lowest BCUT2D eigenvalue weighted by Gasteiger charge is -2.10. The maximum atomic E-state index is 13.3. The molecule has 4 rings (SSSR count). The summed E-state index contributed by atoms with van der Waals surface area (Å²) in [6.45, 7) is 1.81. The van der Waals surface area contributed by atoms with Gasteiger partial charge in [-0.15, -0.1) is 11.3 Å². The lowest BCUT2D eigenvalue weighted by Crippen LogP contribution is -2.26. The van der Waals surface area contributed by atoms with E-state index in [2.05, 4.69) is 15.7 Å². The number of carbonyl (C=O) groups is 2. The number of hydrogen-bond acceptors (Lipinski definition) is 6. The average molecular weight is 503 g/mol. The first-order valence-electron chi connectivity index (χ1n) is 9.68. The Kier molecular flexibility index (Phi) is 6.64. The normalized spacial score (nSPS) is 10.8. The van der Waals surface area contributed by atoms with Crippen LogP contribution in [-0.4, -0.2) is 28.4 Å². The second-order valence-electron chi connectivity index (χ2n) is 6.70. The molecule has 168 valence electrons. The molecule has 33 heavy (non-hydrogen) atoms. The SMILES string of the molecule is CCOC(=O)c1nn(-c2ccc(Cl)cc2)c(=O)c2c(NC(=O)Nc3ccc(Cl)cc3)scc12. The number of thiophene rings is 1. The van der Waals surface area contributed by atoms with Gasteiger partial charge in [-0.1, -0.05) is 23.2 Å². The molecule has 8 nitrogen and oxygen atoms in total. The molecule has 0 aliphatic heterocycles. The van der Waals surface area contributed by atoms with Crippen LogP contribution < -0.4 is 16.2 Å². The summed E-state index contributed by atoms with van der Waals surface area (Å²) in [7, 11) is 0. The topological polar surface area (TPSA) is 102 Å². The van der Waals surface area contributed by atoms with Crippen molar-refractivity contribution in [1.82, 2.24) is 9.78 Å². The van der Waals surface area contributed by atoms with Gasteiger partial charge in [0.2, 0.25) is 0 Å². The van der Waals surface area contributed by atoms with Gasteiger partial charge in [-0.25, -0.2) is 9.59 Å². The number of nitrogens with zero attached hydrogens (tertiary/aromatic N) is 2. The fourth-order valence-corrected chi connectivity index (χ4v) is 4.23. The van der Waals surface area contributed by atoms with Crippen LogP contribution in [0.2, 0.25) is 10.0 Å². The van der Waals surface area contributed by atoms with Gasteiger partial charge in [0.05, 0.1) is 17.7 Å². The minimum Gasteiger partial charge on any atom is -0.461 e. The second-order valence-corrected chi connectivity index (χ2v) is 8.45. The number of ether oxygens (including phenoxy) is 1. The van der Waals surface area contributed by atoms with Crippen LogP contribution in [0.1, 0.15) is 17.4 Å². The van der Waals surface area contributed by atoms with Crippen molar-refractivity contribution in [2.75, 3.05) is 17.2 Å². The summed E-state index contributed by atoms with van der Waals surface area (Å²) in [5.74, 6) is -0.680. The number of aromatic nitrogens is 2.